The Balaban J connectivity index is 1.77. The summed E-state index contributed by atoms with van der Waals surface area (Å²) in [5, 5.41) is 4.41. The lowest BCUT2D eigenvalue weighted by Crippen LogP contribution is -2.27. The van der Waals surface area contributed by atoms with E-state index in [1.165, 1.54) is 25.1 Å². The predicted octanol–water partition coefficient (Wildman–Crippen LogP) is 4.13. The molecule has 172 valence electrons. The van der Waals surface area contributed by atoms with Crippen LogP contribution in [-0.2, 0) is 20.0 Å². The smallest absolute Gasteiger partial charge is 0.279 e. The maximum Gasteiger partial charge on any atom is 0.279 e. The lowest BCUT2D eigenvalue weighted by atomic mass is 9.99. The van der Waals surface area contributed by atoms with Gasteiger partial charge in [0.25, 0.3) is 10.0 Å². The van der Waals surface area contributed by atoms with E-state index in [0.29, 0.717) is 17.0 Å². The molecule has 1 heterocycles. The van der Waals surface area contributed by atoms with Crippen LogP contribution in [0, 0.1) is 5.82 Å². The fraction of sp³-hybridized carbons (Fsp3) is 0.174. The molecule has 1 aliphatic heterocycles. The summed E-state index contributed by atoms with van der Waals surface area (Å²) in [6.07, 6.45) is 0.266. The van der Waals surface area contributed by atoms with E-state index in [2.05, 4.69) is 9.82 Å². The Morgan fingerprint density at radius 1 is 0.970 bits per heavy atom. The summed E-state index contributed by atoms with van der Waals surface area (Å²) in [7, 11) is -7.62. The molecule has 0 saturated heterocycles. The van der Waals surface area contributed by atoms with Crippen molar-refractivity contribution < 1.29 is 21.2 Å². The van der Waals surface area contributed by atoms with Crippen molar-refractivity contribution in [3.63, 3.8) is 0 Å². The van der Waals surface area contributed by atoms with Gasteiger partial charge in [0.15, 0.2) is 0 Å². The van der Waals surface area contributed by atoms with E-state index in [1.807, 2.05) is 18.2 Å². The first-order valence-electron chi connectivity index (χ1n) is 10.2. The average molecular weight is 488 g/mol. The van der Waals surface area contributed by atoms with Crippen LogP contribution >= 0.6 is 0 Å². The SMILES string of the molecule is CCS(=O)(=O)Nc1cccc(C2=NN(S(=O)(=O)c3cccc(F)c3)[C@H](c3ccccc3)C2)c1. The van der Waals surface area contributed by atoms with Gasteiger partial charge >= 0.3 is 0 Å². The highest BCUT2D eigenvalue weighted by Crippen LogP contribution is 2.37. The molecule has 1 aliphatic rings. The zero-order chi connectivity index (χ0) is 23.6. The van der Waals surface area contributed by atoms with E-state index in [0.717, 1.165) is 16.0 Å². The fourth-order valence-corrected chi connectivity index (χ4v) is 5.65. The van der Waals surface area contributed by atoms with Crippen LogP contribution in [0.1, 0.15) is 30.5 Å². The first kappa shape index (κ1) is 22.9. The van der Waals surface area contributed by atoms with Crippen molar-refractivity contribution in [2.45, 2.75) is 24.3 Å². The second kappa shape index (κ2) is 8.95. The van der Waals surface area contributed by atoms with Gasteiger partial charge < -0.3 is 0 Å². The highest BCUT2D eigenvalue weighted by molar-refractivity contribution is 7.92. The van der Waals surface area contributed by atoms with Crippen LogP contribution in [-0.4, -0.2) is 32.7 Å². The van der Waals surface area contributed by atoms with E-state index in [-0.39, 0.29) is 17.1 Å². The maximum absolute atomic E-state index is 13.8. The molecular weight excluding hydrogens is 465 g/mol. The van der Waals surface area contributed by atoms with Crippen molar-refractivity contribution in [3.8, 4) is 0 Å². The number of rotatable bonds is 7. The first-order chi connectivity index (χ1) is 15.7. The van der Waals surface area contributed by atoms with Crippen LogP contribution in [0.15, 0.2) is 88.9 Å². The van der Waals surface area contributed by atoms with Crippen molar-refractivity contribution >= 4 is 31.4 Å². The minimum atomic E-state index is -4.15. The van der Waals surface area contributed by atoms with Gasteiger partial charge in [0, 0.05) is 12.1 Å². The largest absolute Gasteiger partial charge is 0.284 e. The van der Waals surface area contributed by atoms with E-state index in [9.17, 15) is 21.2 Å². The van der Waals surface area contributed by atoms with Gasteiger partial charge in [-0.15, -0.1) is 0 Å². The number of benzene rings is 3. The number of hydrogen-bond donors (Lipinski definition) is 1. The quantitative estimate of drug-likeness (QED) is 0.542. The summed E-state index contributed by atoms with van der Waals surface area (Å²) in [5.41, 5.74) is 2.16. The summed E-state index contributed by atoms with van der Waals surface area (Å²) in [6, 6.07) is 19.9. The Bertz CT molecular complexity index is 1410. The van der Waals surface area contributed by atoms with Crippen molar-refractivity contribution in [2.75, 3.05) is 10.5 Å². The second-order valence-corrected chi connectivity index (χ2v) is 11.3. The third-order valence-corrected chi connectivity index (χ3v) is 8.23. The van der Waals surface area contributed by atoms with Gasteiger partial charge in [-0.2, -0.15) is 17.9 Å². The first-order valence-corrected chi connectivity index (χ1v) is 13.3. The Hall–Kier alpha value is -3.24. The van der Waals surface area contributed by atoms with Crippen LogP contribution in [0.5, 0.6) is 0 Å². The third kappa shape index (κ3) is 4.91. The summed E-state index contributed by atoms with van der Waals surface area (Å²) < 4.78 is 68.0. The van der Waals surface area contributed by atoms with E-state index < -0.39 is 31.9 Å². The minimum absolute atomic E-state index is 0.0755. The summed E-state index contributed by atoms with van der Waals surface area (Å²) in [6.45, 7) is 1.53. The average Bonchev–Trinajstić information content (AvgIpc) is 3.26. The molecular formula is C23H22FN3O4S2. The fourth-order valence-electron chi connectivity index (χ4n) is 3.56. The molecule has 33 heavy (non-hydrogen) atoms. The Kier molecular flexibility index (Phi) is 6.22. The van der Waals surface area contributed by atoms with Gasteiger partial charge in [-0.3, -0.25) is 4.72 Å². The molecule has 0 spiro atoms. The van der Waals surface area contributed by atoms with Crippen molar-refractivity contribution in [2.24, 2.45) is 5.10 Å². The molecule has 3 aromatic carbocycles. The molecule has 1 N–H and O–H groups in total. The summed E-state index contributed by atoms with van der Waals surface area (Å²) in [4.78, 5) is -0.196. The van der Waals surface area contributed by atoms with Gasteiger partial charge in [-0.25, -0.2) is 12.8 Å². The molecule has 10 heteroatoms. The topological polar surface area (TPSA) is 95.9 Å². The Labute approximate surface area is 192 Å². The molecule has 0 unspecified atom stereocenters. The molecule has 3 aromatic rings. The maximum atomic E-state index is 13.8. The number of nitrogens with zero attached hydrogens (tertiary/aromatic N) is 2. The van der Waals surface area contributed by atoms with E-state index >= 15 is 0 Å². The number of hydrogen-bond acceptors (Lipinski definition) is 5. The van der Waals surface area contributed by atoms with Gasteiger partial charge in [-0.05, 0) is 48.4 Å². The third-order valence-electron chi connectivity index (χ3n) is 5.25. The van der Waals surface area contributed by atoms with Crippen LogP contribution < -0.4 is 4.72 Å². The number of nitrogens with one attached hydrogen (secondary N) is 1. The molecule has 0 aromatic heterocycles. The van der Waals surface area contributed by atoms with Crippen molar-refractivity contribution in [3.05, 3.63) is 95.8 Å². The molecule has 0 amide bonds. The molecule has 0 saturated carbocycles. The number of halogens is 1. The zero-order valence-electron chi connectivity index (χ0n) is 17.7. The molecule has 0 bridgehead atoms. The standard InChI is InChI=1S/C23H22FN3O4S2/c1-2-32(28,29)26-20-12-6-10-18(14-20)22-16-23(17-8-4-3-5-9-17)27(25-22)33(30,31)21-13-7-11-19(24)15-21/h3-15,23,26H,2,16H2,1H3/t23-/m0/s1. The van der Waals surface area contributed by atoms with Gasteiger partial charge in [-0.1, -0.05) is 48.5 Å². The predicted molar refractivity (Wildman–Crippen MR) is 125 cm³/mol. The molecule has 0 aliphatic carbocycles. The summed E-state index contributed by atoms with van der Waals surface area (Å²) in [5.74, 6) is -0.736. The number of hydrazone groups is 1. The normalized spacial score (nSPS) is 16.5. The van der Waals surface area contributed by atoms with Crippen LogP contribution in [0.4, 0.5) is 10.1 Å². The van der Waals surface area contributed by atoms with Crippen molar-refractivity contribution in [1.82, 2.24) is 4.41 Å². The summed E-state index contributed by atoms with van der Waals surface area (Å²) >= 11 is 0. The van der Waals surface area contributed by atoms with Crippen LogP contribution in [0.25, 0.3) is 0 Å². The van der Waals surface area contributed by atoms with Crippen LogP contribution in [0.3, 0.4) is 0 Å². The lowest BCUT2D eigenvalue weighted by Gasteiger charge is -2.23. The van der Waals surface area contributed by atoms with Crippen LogP contribution in [0.2, 0.25) is 0 Å². The minimum Gasteiger partial charge on any atom is -0.284 e. The molecule has 0 radical (unpaired) electrons. The number of anilines is 1. The molecule has 4 rings (SSSR count). The number of sulfonamides is 2. The second-order valence-electron chi connectivity index (χ2n) is 7.50. The Morgan fingerprint density at radius 2 is 1.70 bits per heavy atom. The van der Waals surface area contributed by atoms with Gasteiger partial charge in [0.05, 0.1) is 22.4 Å². The van der Waals surface area contributed by atoms with Gasteiger partial charge in [0.2, 0.25) is 10.0 Å². The zero-order valence-corrected chi connectivity index (χ0v) is 19.4. The highest BCUT2D eigenvalue weighted by atomic mass is 32.2. The monoisotopic (exact) mass is 487 g/mol. The van der Waals surface area contributed by atoms with Gasteiger partial charge in [0.1, 0.15) is 5.82 Å². The molecule has 0 fully saturated rings. The van der Waals surface area contributed by atoms with Crippen molar-refractivity contribution in [1.29, 1.82) is 0 Å². The van der Waals surface area contributed by atoms with E-state index in [4.69, 9.17) is 0 Å². The Morgan fingerprint density at radius 3 is 2.39 bits per heavy atom. The molecule has 1 atom stereocenters. The van der Waals surface area contributed by atoms with E-state index in [1.54, 1.807) is 36.4 Å². The molecule has 7 nitrogen and oxygen atoms in total. The highest BCUT2D eigenvalue weighted by Gasteiger charge is 2.37. The lowest BCUT2D eigenvalue weighted by molar-refractivity contribution is 0.371.